The molecule has 1 N–H and O–H groups in total. The normalized spacial score (nSPS) is 14.9. The summed E-state index contributed by atoms with van der Waals surface area (Å²) in [5, 5.41) is 4.86. The van der Waals surface area contributed by atoms with Crippen LogP contribution in [0.15, 0.2) is 28.7 Å². The third-order valence-electron chi connectivity index (χ3n) is 4.19. The van der Waals surface area contributed by atoms with Crippen LogP contribution in [-0.2, 0) is 0 Å². The average Bonchev–Trinajstić information content (AvgIpc) is 2.81. The molecule has 2 nitrogen and oxygen atoms in total. The number of benzene rings is 1. The Morgan fingerprint density at radius 3 is 2.55 bits per heavy atom. The number of rotatable bonds is 6. The Balaban J connectivity index is 2.34. The van der Waals surface area contributed by atoms with Gasteiger partial charge in [-0.2, -0.15) is 0 Å². The molecule has 0 aliphatic heterocycles. The fourth-order valence-electron chi connectivity index (χ4n) is 2.57. The Morgan fingerprint density at radius 2 is 1.90 bits per heavy atom. The topological polar surface area (TPSA) is 25.2 Å². The number of hydrogen-bond acceptors (Lipinski definition) is 2. The minimum atomic E-state index is 0.294. The van der Waals surface area contributed by atoms with Crippen LogP contribution in [0.5, 0.6) is 0 Å². The summed E-state index contributed by atoms with van der Waals surface area (Å²) in [6.45, 7) is 12.2. The van der Waals surface area contributed by atoms with Crippen LogP contribution in [0, 0.1) is 18.8 Å². The van der Waals surface area contributed by atoms with Gasteiger partial charge in [0.15, 0.2) is 0 Å². The smallest absolute Gasteiger partial charge is 0.134 e. The monoisotopic (exact) mass is 273 g/mol. The van der Waals surface area contributed by atoms with Crippen molar-refractivity contribution >= 4 is 11.0 Å². The fraction of sp³-hybridized carbons (Fsp3) is 0.556. The van der Waals surface area contributed by atoms with Gasteiger partial charge in [-0.05, 0) is 49.9 Å². The van der Waals surface area contributed by atoms with Gasteiger partial charge >= 0.3 is 0 Å². The molecule has 0 amide bonds. The summed E-state index contributed by atoms with van der Waals surface area (Å²) in [6, 6.07) is 8.87. The maximum Gasteiger partial charge on any atom is 0.134 e. The van der Waals surface area contributed by atoms with Crippen molar-refractivity contribution in [2.75, 3.05) is 6.54 Å². The first-order valence-electron chi connectivity index (χ1n) is 7.76. The molecule has 2 atom stereocenters. The van der Waals surface area contributed by atoms with Gasteiger partial charge < -0.3 is 9.73 Å². The van der Waals surface area contributed by atoms with E-state index < -0.39 is 0 Å². The van der Waals surface area contributed by atoms with Crippen LogP contribution in [0.1, 0.15) is 51.5 Å². The molecule has 2 heteroatoms. The first-order chi connectivity index (χ1) is 9.52. The Labute approximate surface area is 122 Å². The minimum absolute atomic E-state index is 0.294. The van der Waals surface area contributed by atoms with E-state index in [0.717, 1.165) is 24.3 Å². The molecule has 0 aliphatic carbocycles. The van der Waals surface area contributed by atoms with Crippen LogP contribution in [-0.4, -0.2) is 6.54 Å². The highest BCUT2D eigenvalue weighted by Gasteiger charge is 2.24. The lowest BCUT2D eigenvalue weighted by atomic mass is 9.88. The van der Waals surface area contributed by atoms with Crippen molar-refractivity contribution < 1.29 is 4.42 Å². The molecular formula is C18H27NO. The van der Waals surface area contributed by atoms with Gasteiger partial charge in [-0.1, -0.05) is 39.3 Å². The summed E-state index contributed by atoms with van der Waals surface area (Å²) < 4.78 is 6.09. The van der Waals surface area contributed by atoms with Crippen LogP contribution in [0.4, 0.5) is 0 Å². The predicted octanol–water partition coefficient (Wildman–Crippen LogP) is 5.07. The SMILES string of the molecule is CCCNC(c1cc2cc(C)ccc2o1)C(C)C(C)C. The zero-order valence-electron chi connectivity index (χ0n) is 13.4. The van der Waals surface area contributed by atoms with Crippen molar-refractivity contribution in [1.82, 2.24) is 5.32 Å². The van der Waals surface area contributed by atoms with Crippen LogP contribution in [0.3, 0.4) is 0 Å². The van der Waals surface area contributed by atoms with Gasteiger partial charge in [0.2, 0.25) is 0 Å². The number of nitrogens with one attached hydrogen (secondary N) is 1. The van der Waals surface area contributed by atoms with E-state index in [1.807, 2.05) is 0 Å². The van der Waals surface area contributed by atoms with E-state index in [1.54, 1.807) is 0 Å². The van der Waals surface area contributed by atoms with Crippen molar-refractivity contribution in [3.05, 3.63) is 35.6 Å². The molecule has 0 saturated carbocycles. The second-order valence-electron chi connectivity index (χ2n) is 6.22. The highest BCUT2D eigenvalue weighted by atomic mass is 16.3. The number of aryl methyl sites for hydroxylation is 1. The van der Waals surface area contributed by atoms with Crippen molar-refractivity contribution in [2.45, 2.75) is 47.1 Å². The van der Waals surface area contributed by atoms with Crippen molar-refractivity contribution in [2.24, 2.45) is 11.8 Å². The molecule has 1 heterocycles. The van der Waals surface area contributed by atoms with Gasteiger partial charge in [0, 0.05) is 5.39 Å². The van der Waals surface area contributed by atoms with Crippen molar-refractivity contribution in [3.63, 3.8) is 0 Å². The van der Waals surface area contributed by atoms with Gasteiger partial charge in [0.25, 0.3) is 0 Å². The summed E-state index contributed by atoms with van der Waals surface area (Å²) in [7, 11) is 0. The van der Waals surface area contributed by atoms with Crippen LogP contribution in [0.25, 0.3) is 11.0 Å². The molecule has 0 spiro atoms. The second kappa shape index (κ2) is 6.45. The van der Waals surface area contributed by atoms with E-state index in [4.69, 9.17) is 4.42 Å². The summed E-state index contributed by atoms with van der Waals surface area (Å²) in [6.07, 6.45) is 1.14. The van der Waals surface area contributed by atoms with Crippen LogP contribution >= 0.6 is 0 Å². The first kappa shape index (κ1) is 15.1. The molecule has 110 valence electrons. The lowest BCUT2D eigenvalue weighted by Crippen LogP contribution is -2.29. The molecule has 0 saturated heterocycles. The molecule has 1 aromatic heterocycles. The minimum Gasteiger partial charge on any atom is -0.459 e. The summed E-state index contributed by atoms with van der Waals surface area (Å²) in [5.74, 6) is 2.24. The van der Waals surface area contributed by atoms with E-state index in [-0.39, 0.29) is 0 Å². The average molecular weight is 273 g/mol. The number of fused-ring (bicyclic) bond motifs is 1. The molecule has 0 bridgehead atoms. The fourth-order valence-corrected chi connectivity index (χ4v) is 2.57. The summed E-state index contributed by atoms with van der Waals surface area (Å²) in [4.78, 5) is 0. The highest BCUT2D eigenvalue weighted by Crippen LogP contribution is 2.32. The van der Waals surface area contributed by atoms with Gasteiger partial charge in [-0.3, -0.25) is 0 Å². The molecule has 2 aromatic rings. The quantitative estimate of drug-likeness (QED) is 0.794. The highest BCUT2D eigenvalue weighted by molar-refractivity contribution is 5.78. The van der Waals surface area contributed by atoms with E-state index in [9.17, 15) is 0 Å². The zero-order chi connectivity index (χ0) is 14.7. The lowest BCUT2D eigenvalue weighted by Gasteiger charge is -2.26. The lowest BCUT2D eigenvalue weighted by molar-refractivity contribution is 0.272. The van der Waals surface area contributed by atoms with Crippen molar-refractivity contribution in [3.8, 4) is 0 Å². The van der Waals surface area contributed by atoms with Gasteiger partial charge in [-0.15, -0.1) is 0 Å². The van der Waals surface area contributed by atoms with Gasteiger partial charge in [0.05, 0.1) is 6.04 Å². The standard InChI is InChI=1S/C18H27NO/c1-6-9-19-18(14(5)12(2)3)17-11-15-10-13(4)7-8-16(15)20-17/h7-8,10-12,14,18-19H,6,9H2,1-5H3. The van der Waals surface area contributed by atoms with E-state index >= 15 is 0 Å². The zero-order valence-corrected chi connectivity index (χ0v) is 13.4. The number of hydrogen-bond donors (Lipinski definition) is 1. The Kier molecular flexibility index (Phi) is 4.87. The van der Waals surface area contributed by atoms with Gasteiger partial charge in [0.1, 0.15) is 11.3 Å². The largest absolute Gasteiger partial charge is 0.459 e. The number of furan rings is 1. The van der Waals surface area contributed by atoms with E-state index in [1.165, 1.54) is 10.9 Å². The molecule has 0 fully saturated rings. The molecule has 2 unspecified atom stereocenters. The van der Waals surface area contributed by atoms with Gasteiger partial charge in [-0.25, -0.2) is 0 Å². The second-order valence-corrected chi connectivity index (χ2v) is 6.22. The summed E-state index contributed by atoms with van der Waals surface area (Å²) in [5.41, 5.74) is 2.27. The Bertz CT molecular complexity index is 556. The molecule has 2 rings (SSSR count). The van der Waals surface area contributed by atoms with Crippen molar-refractivity contribution in [1.29, 1.82) is 0 Å². The Hall–Kier alpha value is -1.28. The van der Waals surface area contributed by atoms with Crippen LogP contribution < -0.4 is 5.32 Å². The molecule has 0 radical (unpaired) electrons. The van der Waals surface area contributed by atoms with E-state index in [0.29, 0.717) is 17.9 Å². The summed E-state index contributed by atoms with van der Waals surface area (Å²) >= 11 is 0. The third-order valence-corrected chi connectivity index (χ3v) is 4.19. The molecule has 1 aromatic carbocycles. The van der Waals surface area contributed by atoms with E-state index in [2.05, 4.69) is 64.2 Å². The van der Waals surface area contributed by atoms with Crippen LogP contribution in [0.2, 0.25) is 0 Å². The molecule has 0 aliphatic rings. The molecule has 20 heavy (non-hydrogen) atoms. The predicted molar refractivity (Wildman–Crippen MR) is 86.0 cm³/mol. The third kappa shape index (κ3) is 3.24. The molecular weight excluding hydrogens is 246 g/mol. The first-order valence-corrected chi connectivity index (χ1v) is 7.76. The maximum absolute atomic E-state index is 6.09. The Morgan fingerprint density at radius 1 is 1.15 bits per heavy atom. The maximum atomic E-state index is 6.09.